The summed E-state index contributed by atoms with van der Waals surface area (Å²) in [7, 11) is 0. The van der Waals surface area contributed by atoms with Crippen LogP contribution in [0.3, 0.4) is 0 Å². The zero-order valence-electron chi connectivity index (χ0n) is 10.5. The molecule has 1 aliphatic rings. The SMILES string of the molecule is C=CC(=O)N1CCC(=Cc2ccc(F)c(F)c2)CC1. The summed E-state index contributed by atoms with van der Waals surface area (Å²) in [5, 5.41) is 0. The minimum Gasteiger partial charge on any atom is -0.339 e. The summed E-state index contributed by atoms with van der Waals surface area (Å²) in [6.07, 6.45) is 4.67. The Morgan fingerprint density at radius 2 is 1.89 bits per heavy atom. The second-order valence-corrected chi connectivity index (χ2v) is 4.51. The van der Waals surface area contributed by atoms with Crippen LogP contribution in [0.4, 0.5) is 8.78 Å². The minimum absolute atomic E-state index is 0.0631. The Morgan fingerprint density at radius 3 is 2.47 bits per heavy atom. The second-order valence-electron chi connectivity index (χ2n) is 4.51. The van der Waals surface area contributed by atoms with Crippen molar-refractivity contribution in [2.24, 2.45) is 0 Å². The van der Waals surface area contributed by atoms with Gasteiger partial charge in [0, 0.05) is 13.1 Å². The summed E-state index contributed by atoms with van der Waals surface area (Å²) in [5.41, 5.74) is 1.79. The monoisotopic (exact) mass is 263 g/mol. The fourth-order valence-corrected chi connectivity index (χ4v) is 2.13. The smallest absolute Gasteiger partial charge is 0.245 e. The predicted octanol–water partition coefficient (Wildman–Crippen LogP) is 3.16. The van der Waals surface area contributed by atoms with E-state index in [0.29, 0.717) is 18.7 Å². The number of carbonyl (C=O) groups is 1. The third-order valence-corrected chi connectivity index (χ3v) is 3.21. The van der Waals surface area contributed by atoms with Crippen molar-refractivity contribution < 1.29 is 13.6 Å². The fourth-order valence-electron chi connectivity index (χ4n) is 2.13. The number of nitrogens with zero attached hydrogens (tertiary/aromatic N) is 1. The minimum atomic E-state index is -0.839. The normalized spacial score (nSPS) is 15.3. The Bertz CT molecular complexity index is 527. The van der Waals surface area contributed by atoms with Crippen LogP contribution in [0.25, 0.3) is 6.08 Å². The van der Waals surface area contributed by atoms with Gasteiger partial charge in [0.2, 0.25) is 5.91 Å². The highest BCUT2D eigenvalue weighted by Crippen LogP contribution is 2.20. The molecule has 1 aromatic carbocycles. The van der Waals surface area contributed by atoms with Gasteiger partial charge in [0.05, 0.1) is 0 Å². The number of hydrogen-bond acceptors (Lipinski definition) is 1. The van der Waals surface area contributed by atoms with E-state index in [4.69, 9.17) is 0 Å². The van der Waals surface area contributed by atoms with Gasteiger partial charge in [0.25, 0.3) is 0 Å². The summed E-state index contributed by atoms with van der Waals surface area (Å²) < 4.78 is 25.9. The molecule has 1 amide bonds. The third kappa shape index (κ3) is 3.28. The van der Waals surface area contributed by atoms with Gasteiger partial charge < -0.3 is 4.90 Å². The van der Waals surface area contributed by atoms with E-state index in [1.54, 1.807) is 11.0 Å². The van der Waals surface area contributed by atoms with Gasteiger partial charge in [-0.25, -0.2) is 8.78 Å². The molecule has 0 atom stereocenters. The highest BCUT2D eigenvalue weighted by Gasteiger charge is 2.16. The van der Waals surface area contributed by atoms with Crippen LogP contribution in [-0.4, -0.2) is 23.9 Å². The molecule has 0 aromatic heterocycles. The average Bonchev–Trinajstić information content (AvgIpc) is 2.43. The van der Waals surface area contributed by atoms with Crippen LogP contribution in [-0.2, 0) is 4.79 Å². The first-order chi connectivity index (χ1) is 9.10. The van der Waals surface area contributed by atoms with E-state index in [0.717, 1.165) is 24.5 Å². The lowest BCUT2D eigenvalue weighted by molar-refractivity contribution is -0.126. The molecule has 0 aliphatic carbocycles. The molecule has 0 unspecified atom stereocenters. The molecule has 1 aliphatic heterocycles. The molecule has 1 fully saturated rings. The Kier molecular flexibility index (Phi) is 4.10. The maximum absolute atomic E-state index is 13.1. The number of piperidine rings is 1. The number of hydrogen-bond donors (Lipinski definition) is 0. The number of carbonyl (C=O) groups excluding carboxylic acids is 1. The second kappa shape index (κ2) is 5.78. The van der Waals surface area contributed by atoms with Gasteiger partial charge in [0.1, 0.15) is 0 Å². The molecule has 0 bridgehead atoms. The summed E-state index contributed by atoms with van der Waals surface area (Å²) in [6, 6.07) is 3.86. The maximum atomic E-state index is 13.1. The molecule has 4 heteroatoms. The van der Waals surface area contributed by atoms with E-state index < -0.39 is 11.6 Å². The van der Waals surface area contributed by atoms with E-state index in [1.807, 2.05) is 6.08 Å². The Labute approximate surface area is 111 Å². The van der Waals surface area contributed by atoms with Crippen LogP contribution in [0.5, 0.6) is 0 Å². The van der Waals surface area contributed by atoms with Gasteiger partial charge in [-0.3, -0.25) is 4.79 Å². The van der Waals surface area contributed by atoms with E-state index in [2.05, 4.69) is 6.58 Å². The van der Waals surface area contributed by atoms with Crippen LogP contribution >= 0.6 is 0 Å². The van der Waals surface area contributed by atoms with Crippen molar-refractivity contribution in [3.63, 3.8) is 0 Å². The van der Waals surface area contributed by atoms with Gasteiger partial charge in [-0.15, -0.1) is 0 Å². The largest absolute Gasteiger partial charge is 0.339 e. The van der Waals surface area contributed by atoms with Gasteiger partial charge >= 0.3 is 0 Å². The van der Waals surface area contributed by atoms with Crippen molar-refractivity contribution in [2.75, 3.05) is 13.1 Å². The molecular formula is C15H15F2NO. The van der Waals surface area contributed by atoms with Gasteiger partial charge in [-0.1, -0.05) is 24.3 Å². The van der Waals surface area contributed by atoms with Crippen molar-refractivity contribution in [3.05, 3.63) is 53.6 Å². The number of likely N-dealkylation sites (tertiary alicyclic amines) is 1. The van der Waals surface area contributed by atoms with E-state index in [-0.39, 0.29) is 5.91 Å². The van der Waals surface area contributed by atoms with Crippen molar-refractivity contribution in [3.8, 4) is 0 Å². The predicted molar refractivity (Wildman–Crippen MR) is 70.3 cm³/mol. The molecule has 0 N–H and O–H groups in total. The lowest BCUT2D eigenvalue weighted by atomic mass is 10.0. The molecule has 2 nitrogen and oxygen atoms in total. The highest BCUT2D eigenvalue weighted by atomic mass is 19.2. The Hall–Kier alpha value is -1.97. The van der Waals surface area contributed by atoms with Crippen LogP contribution in [0.1, 0.15) is 18.4 Å². The summed E-state index contributed by atoms with van der Waals surface area (Å²) >= 11 is 0. The molecule has 0 saturated carbocycles. The van der Waals surface area contributed by atoms with Crippen LogP contribution in [0.15, 0.2) is 36.4 Å². The van der Waals surface area contributed by atoms with Gasteiger partial charge in [-0.05, 0) is 36.6 Å². The molecule has 1 saturated heterocycles. The zero-order valence-corrected chi connectivity index (χ0v) is 10.5. The number of amides is 1. The average molecular weight is 263 g/mol. The first-order valence-corrected chi connectivity index (χ1v) is 6.16. The highest BCUT2D eigenvalue weighted by molar-refractivity contribution is 5.87. The lowest BCUT2D eigenvalue weighted by Crippen LogP contribution is -2.35. The third-order valence-electron chi connectivity index (χ3n) is 3.21. The molecule has 0 spiro atoms. The van der Waals surface area contributed by atoms with Crippen molar-refractivity contribution >= 4 is 12.0 Å². The first kappa shape index (κ1) is 13.5. The molecule has 0 radical (unpaired) electrons. The van der Waals surface area contributed by atoms with Gasteiger partial charge in [-0.2, -0.15) is 0 Å². The molecule has 1 aromatic rings. The Balaban J connectivity index is 2.04. The standard InChI is InChI=1S/C15H15F2NO/c1-2-15(19)18-7-5-11(6-8-18)9-12-3-4-13(16)14(17)10-12/h2-4,9-10H,1,5-8H2. The van der Waals surface area contributed by atoms with Crippen molar-refractivity contribution in [1.82, 2.24) is 4.90 Å². The van der Waals surface area contributed by atoms with Crippen LogP contribution < -0.4 is 0 Å². The molecule has 100 valence electrons. The van der Waals surface area contributed by atoms with Crippen LogP contribution in [0, 0.1) is 11.6 Å². The molecule has 2 rings (SSSR count). The maximum Gasteiger partial charge on any atom is 0.245 e. The number of halogens is 2. The van der Waals surface area contributed by atoms with E-state index >= 15 is 0 Å². The van der Waals surface area contributed by atoms with E-state index in [1.165, 1.54) is 12.1 Å². The van der Waals surface area contributed by atoms with Gasteiger partial charge in [0.15, 0.2) is 11.6 Å². The van der Waals surface area contributed by atoms with Crippen molar-refractivity contribution in [2.45, 2.75) is 12.8 Å². The summed E-state index contributed by atoms with van der Waals surface area (Å²) in [4.78, 5) is 13.1. The van der Waals surface area contributed by atoms with Crippen molar-refractivity contribution in [1.29, 1.82) is 0 Å². The number of benzene rings is 1. The fraction of sp³-hybridized carbons (Fsp3) is 0.267. The quantitative estimate of drug-likeness (QED) is 0.751. The summed E-state index contributed by atoms with van der Waals surface area (Å²) in [6.45, 7) is 4.74. The summed E-state index contributed by atoms with van der Waals surface area (Å²) in [5.74, 6) is -1.74. The van der Waals surface area contributed by atoms with E-state index in [9.17, 15) is 13.6 Å². The topological polar surface area (TPSA) is 20.3 Å². The van der Waals surface area contributed by atoms with Crippen LogP contribution in [0.2, 0.25) is 0 Å². The molecular weight excluding hydrogens is 248 g/mol. The molecule has 19 heavy (non-hydrogen) atoms. The lowest BCUT2D eigenvalue weighted by Gasteiger charge is -2.27. The molecule has 1 heterocycles. The zero-order chi connectivity index (χ0) is 13.8. The Morgan fingerprint density at radius 1 is 1.21 bits per heavy atom. The first-order valence-electron chi connectivity index (χ1n) is 6.16. The number of rotatable bonds is 2.